The Hall–Kier alpha value is -2.70. The van der Waals surface area contributed by atoms with Gasteiger partial charge in [-0.2, -0.15) is 0 Å². The summed E-state index contributed by atoms with van der Waals surface area (Å²) in [5.74, 6) is -0.947. The first-order valence-corrected chi connectivity index (χ1v) is 9.68. The van der Waals surface area contributed by atoms with Crippen LogP contribution in [-0.2, 0) is 9.47 Å². The number of carbonyl (C=O) groups excluding carboxylic acids is 2. The molecule has 0 amide bonds. The summed E-state index contributed by atoms with van der Waals surface area (Å²) >= 11 is 0. The van der Waals surface area contributed by atoms with Gasteiger partial charge < -0.3 is 19.3 Å². The molecule has 0 spiro atoms. The second kappa shape index (κ2) is 8.54. The van der Waals surface area contributed by atoms with E-state index in [1.165, 1.54) is 0 Å². The van der Waals surface area contributed by atoms with Crippen LogP contribution in [0.4, 0.5) is 11.4 Å². The number of anilines is 2. The van der Waals surface area contributed by atoms with E-state index in [-0.39, 0.29) is 0 Å². The number of nitrogens with zero attached hydrogens (tertiary/aromatic N) is 2. The van der Waals surface area contributed by atoms with Crippen molar-refractivity contribution in [2.45, 2.75) is 0 Å². The smallest absolute Gasteiger partial charge is 0.235 e. The number of ketones is 2. The third-order valence-electron chi connectivity index (χ3n) is 5.18. The van der Waals surface area contributed by atoms with Crippen molar-refractivity contribution in [3.8, 4) is 0 Å². The predicted octanol–water partition coefficient (Wildman–Crippen LogP) is 2.43. The molecule has 6 heteroatoms. The van der Waals surface area contributed by atoms with Gasteiger partial charge in [-0.1, -0.05) is 36.4 Å². The lowest BCUT2D eigenvalue weighted by Gasteiger charge is -2.37. The summed E-state index contributed by atoms with van der Waals surface area (Å²) in [4.78, 5) is 30.4. The van der Waals surface area contributed by atoms with Crippen molar-refractivity contribution in [2.24, 2.45) is 0 Å². The van der Waals surface area contributed by atoms with E-state index in [2.05, 4.69) is 9.80 Å². The van der Waals surface area contributed by atoms with E-state index >= 15 is 0 Å². The van der Waals surface area contributed by atoms with Crippen molar-refractivity contribution in [3.05, 3.63) is 59.7 Å². The van der Waals surface area contributed by atoms with Crippen LogP contribution in [0.3, 0.4) is 0 Å². The first-order valence-electron chi connectivity index (χ1n) is 9.68. The molecule has 146 valence electrons. The molecule has 2 aliphatic rings. The standard InChI is InChI=1S/C22H24N2O4/c25-21(17-5-2-1-3-6-17)22(26)18-7-4-8-19(23-9-13-27-14-10-23)20(18)24-11-15-28-16-12-24/h1-8H,9-16H2. The molecule has 0 N–H and O–H groups in total. The fourth-order valence-corrected chi connectivity index (χ4v) is 3.74. The van der Waals surface area contributed by atoms with Gasteiger partial charge in [0.15, 0.2) is 0 Å². The topological polar surface area (TPSA) is 59.1 Å². The molecule has 0 bridgehead atoms. The van der Waals surface area contributed by atoms with Gasteiger partial charge in [-0.15, -0.1) is 0 Å². The van der Waals surface area contributed by atoms with E-state index in [4.69, 9.17) is 9.47 Å². The van der Waals surface area contributed by atoms with Crippen molar-refractivity contribution in [3.63, 3.8) is 0 Å². The van der Waals surface area contributed by atoms with E-state index in [0.717, 1.165) is 24.5 Å². The van der Waals surface area contributed by atoms with E-state index in [9.17, 15) is 9.59 Å². The average molecular weight is 380 g/mol. The maximum atomic E-state index is 13.2. The van der Waals surface area contributed by atoms with Crippen LogP contribution in [0.5, 0.6) is 0 Å². The largest absolute Gasteiger partial charge is 0.378 e. The second-order valence-electron chi connectivity index (χ2n) is 6.90. The van der Waals surface area contributed by atoms with Crippen LogP contribution < -0.4 is 9.80 Å². The molecule has 0 radical (unpaired) electrons. The zero-order valence-electron chi connectivity index (χ0n) is 15.8. The number of morpholine rings is 2. The Morgan fingerprint density at radius 3 is 1.93 bits per heavy atom. The molecule has 0 aromatic heterocycles. The molecule has 2 aliphatic heterocycles. The van der Waals surface area contributed by atoms with E-state index in [0.29, 0.717) is 50.6 Å². The minimum absolute atomic E-state index is 0.414. The Morgan fingerprint density at radius 2 is 1.29 bits per heavy atom. The zero-order valence-corrected chi connectivity index (χ0v) is 15.8. The van der Waals surface area contributed by atoms with Gasteiger partial charge in [0, 0.05) is 31.7 Å². The summed E-state index contributed by atoms with van der Waals surface area (Å²) in [5, 5.41) is 0. The number of ether oxygens (including phenoxy) is 2. The third-order valence-corrected chi connectivity index (χ3v) is 5.18. The van der Waals surface area contributed by atoms with Crippen LogP contribution >= 0.6 is 0 Å². The van der Waals surface area contributed by atoms with Gasteiger partial charge in [-0.3, -0.25) is 9.59 Å². The highest BCUT2D eigenvalue weighted by Crippen LogP contribution is 2.35. The molecule has 4 rings (SSSR count). The van der Waals surface area contributed by atoms with Crippen LogP contribution in [-0.4, -0.2) is 64.2 Å². The quantitative estimate of drug-likeness (QED) is 0.587. The van der Waals surface area contributed by atoms with Crippen LogP contribution in [0.1, 0.15) is 20.7 Å². The molecule has 0 aliphatic carbocycles. The summed E-state index contributed by atoms with van der Waals surface area (Å²) in [6, 6.07) is 14.4. The fraction of sp³-hybridized carbons (Fsp3) is 0.364. The summed E-state index contributed by atoms with van der Waals surface area (Å²) in [7, 11) is 0. The minimum Gasteiger partial charge on any atom is -0.378 e. The lowest BCUT2D eigenvalue weighted by Crippen LogP contribution is -2.41. The average Bonchev–Trinajstić information content (AvgIpc) is 2.79. The van der Waals surface area contributed by atoms with Crippen LogP contribution in [0.15, 0.2) is 48.5 Å². The normalized spacial score (nSPS) is 17.4. The first kappa shape index (κ1) is 18.7. The van der Waals surface area contributed by atoms with Gasteiger partial charge in [0.25, 0.3) is 0 Å². The number of hydrogen-bond acceptors (Lipinski definition) is 6. The molecule has 2 heterocycles. The zero-order chi connectivity index (χ0) is 19.3. The molecule has 0 unspecified atom stereocenters. The van der Waals surface area contributed by atoms with Crippen molar-refractivity contribution in [1.82, 2.24) is 0 Å². The molecule has 2 fully saturated rings. The first-order chi connectivity index (χ1) is 13.8. The predicted molar refractivity (Wildman–Crippen MR) is 108 cm³/mol. The molecular formula is C22H24N2O4. The van der Waals surface area contributed by atoms with Gasteiger partial charge >= 0.3 is 0 Å². The lowest BCUT2D eigenvalue weighted by atomic mass is 9.98. The number of benzene rings is 2. The maximum Gasteiger partial charge on any atom is 0.235 e. The number of hydrogen-bond donors (Lipinski definition) is 0. The minimum atomic E-state index is -0.478. The third kappa shape index (κ3) is 3.79. The van der Waals surface area contributed by atoms with Gasteiger partial charge in [-0.25, -0.2) is 0 Å². The Morgan fingerprint density at radius 1 is 0.679 bits per heavy atom. The number of Topliss-reactive ketones (excluding diaryl/α,β-unsaturated/α-hetero) is 2. The molecular weight excluding hydrogens is 356 g/mol. The van der Waals surface area contributed by atoms with Crippen LogP contribution in [0, 0.1) is 0 Å². The van der Waals surface area contributed by atoms with Crippen molar-refractivity contribution < 1.29 is 19.1 Å². The summed E-state index contributed by atoms with van der Waals surface area (Å²) in [6.45, 7) is 5.45. The monoisotopic (exact) mass is 380 g/mol. The highest BCUT2D eigenvalue weighted by atomic mass is 16.5. The van der Waals surface area contributed by atoms with Gasteiger partial charge in [0.05, 0.1) is 43.4 Å². The Bertz CT molecular complexity index is 841. The maximum absolute atomic E-state index is 13.2. The molecule has 2 saturated heterocycles. The fourth-order valence-electron chi connectivity index (χ4n) is 3.74. The Kier molecular flexibility index (Phi) is 5.69. The summed E-state index contributed by atoms with van der Waals surface area (Å²) < 4.78 is 11.0. The lowest BCUT2D eigenvalue weighted by molar-refractivity contribution is 0.0816. The molecule has 2 aromatic rings. The highest BCUT2D eigenvalue weighted by molar-refractivity contribution is 6.50. The summed E-state index contributed by atoms with van der Waals surface area (Å²) in [5.41, 5.74) is 2.69. The molecule has 0 saturated carbocycles. The van der Waals surface area contributed by atoms with Crippen LogP contribution in [0.2, 0.25) is 0 Å². The van der Waals surface area contributed by atoms with Crippen LogP contribution in [0.25, 0.3) is 0 Å². The molecule has 0 atom stereocenters. The Balaban J connectivity index is 1.75. The number of rotatable bonds is 5. The second-order valence-corrected chi connectivity index (χ2v) is 6.90. The van der Waals surface area contributed by atoms with Gasteiger partial charge in [0.2, 0.25) is 11.6 Å². The van der Waals surface area contributed by atoms with Crippen molar-refractivity contribution in [2.75, 3.05) is 62.4 Å². The van der Waals surface area contributed by atoms with E-state index in [1.807, 2.05) is 18.2 Å². The van der Waals surface area contributed by atoms with Crippen molar-refractivity contribution in [1.29, 1.82) is 0 Å². The van der Waals surface area contributed by atoms with E-state index < -0.39 is 11.6 Å². The molecule has 2 aromatic carbocycles. The Labute approximate surface area is 164 Å². The van der Waals surface area contributed by atoms with Gasteiger partial charge in [0.1, 0.15) is 0 Å². The van der Waals surface area contributed by atoms with Crippen molar-refractivity contribution >= 4 is 22.9 Å². The van der Waals surface area contributed by atoms with Gasteiger partial charge in [-0.05, 0) is 12.1 Å². The number of carbonyl (C=O) groups is 2. The summed E-state index contributed by atoms with van der Waals surface area (Å²) in [6.07, 6.45) is 0. The SMILES string of the molecule is O=C(C(=O)c1cccc(N2CCOCC2)c1N1CCOCC1)c1ccccc1. The highest BCUT2D eigenvalue weighted by Gasteiger charge is 2.28. The molecule has 6 nitrogen and oxygen atoms in total. The molecule has 28 heavy (non-hydrogen) atoms. The number of para-hydroxylation sites is 1. The van der Waals surface area contributed by atoms with E-state index in [1.54, 1.807) is 30.3 Å².